The zero-order chi connectivity index (χ0) is 15.9. The van der Waals surface area contributed by atoms with Crippen LogP contribution in [0.2, 0.25) is 0 Å². The van der Waals surface area contributed by atoms with Crippen LogP contribution in [-0.2, 0) is 9.53 Å². The summed E-state index contributed by atoms with van der Waals surface area (Å²) < 4.78 is 5.17. The first-order chi connectivity index (χ1) is 10.2. The molecule has 0 aromatic rings. The number of hydrogen-bond acceptors (Lipinski definition) is 3. The molecule has 0 saturated carbocycles. The van der Waals surface area contributed by atoms with E-state index in [4.69, 9.17) is 4.74 Å². The molecule has 0 fully saturated rings. The lowest BCUT2D eigenvalue weighted by Gasteiger charge is -2.14. The third kappa shape index (κ3) is 9.46. The van der Waals surface area contributed by atoms with E-state index in [-0.39, 0.29) is 19.2 Å². The molecule has 0 heterocycles. The summed E-state index contributed by atoms with van der Waals surface area (Å²) in [6.45, 7) is 8.13. The molecule has 0 atom stereocenters. The molecule has 0 saturated heterocycles. The fourth-order valence-electron chi connectivity index (χ4n) is 2.36. The van der Waals surface area contributed by atoms with Crippen molar-refractivity contribution < 1.29 is 14.6 Å². The van der Waals surface area contributed by atoms with E-state index >= 15 is 0 Å². The summed E-state index contributed by atoms with van der Waals surface area (Å²) in [6.07, 6.45) is 10.7. The summed E-state index contributed by atoms with van der Waals surface area (Å²) in [4.78, 5) is 12.2. The number of allylic oxidation sites excluding steroid dienone is 1. The maximum Gasteiger partial charge on any atom is 0.334 e. The molecule has 122 valence electrons. The summed E-state index contributed by atoms with van der Waals surface area (Å²) in [5.74, 6) is -0.285. The van der Waals surface area contributed by atoms with Crippen LogP contribution < -0.4 is 0 Å². The van der Waals surface area contributed by atoms with Crippen molar-refractivity contribution in [3.63, 3.8) is 0 Å². The summed E-state index contributed by atoms with van der Waals surface area (Å²) in [5.41, 5.74) is 1.87. The quantitative estimate of drug-likeness (QED) is 0.235. The molecule has 0 amide bonds. The number of ether oxygens (including phenoxy) is 1. The van der Waals surface area contributed by atoms with Gasteiger partial charge in [0, 0.05) is 18.6 Å². The monoisotopic (exact) mass is 296 g/mol. The molecule has 0 rings (SSSR count). The first kappa shape index (κ1) is 19.9. The number of aliphatic hydroxyl groups excluding tert-OH is 1. The minimum atomic E-state index is -0.285. The van der Waals surface area contributed by atoms with Crippen molar-refractivity contribution in [2.24, 2.45) is 0 Å². The summed E-state index contributed by atoms with van der Waals surface area (Å²) in [7, 11) is 0. The van der Waals surface area contributed by atoms with Crippen molar-refractivity contribution in [2.45, 2.75) is 71.6 Å². The van der Waals surface area contributed by atoms with Gasteiger partial charge in [0.15, 0.2) is 0 Å². The Bertz CT molecular complexity index is 306. The standard InChI is InChI=1S/C18H32O3/c1-4-7-9-11-16(12-10-8-5-2)17(13-14-19)18(20)21-15-6-3/h6,19H,3-5,7-15H2,1-2H3. The highest BCUT2D eigenvalue weighted by atomic mass is 16.5. The van der Waals surface area contributed by atoms with E-state index in [2.05, 4.69) is 20.4 Å². The highest BCUT2D eigenvalue weighted by molar-refractivity contribution is 5.89. The summed E-state index contributed by atoms with van der Waals surface area (Å²) in [6, 6.07) is 0. The fraction of sp³-hybridized carbons (Fsp3) is 0.722. The van der Waals surface area contributed by atoms with Gasteiger partial charge in [-0.2, -0.15) is 0 Å². The topological polar surface area (TPSA) is 46.5 Å². The third-order valence-corrected chi connectivity index (χ3v) is 3.53. The maximum atomic E-state index is 12.2. The molecule has 0 aliphatic carbocycles. The number of aliphatic hydroxyl groups is 1. The van der Waals surface area contributed by atoms with Gasteiger partial charge in [0.25, 0.3) is 0 Å². The molecule has 0 spiro atoms. The van der Waals surface area contributed by atoms with Gasteiger partial charge in [0.05, 0.1) is 0 Å². The second kappa shape index (κ2) is 13.9. The second-order valence-electron chi connectivity index (χ2n) is 5.36. The van der Waals surface area contributed by atoms with Crippen LogP contribution in [0.25, 0.3) is 0 Å². The predicted molar refractivity (Wildman–Crippen MR) is 88.2 cm³/mol. The van der Waals surface area contributed by atoms with Crippen LogP contribution >= 0.6 is 0 Å². The lowest BCUT2D eigenvalue weighted by atomic mass is 9.94. The van der Waals surface area contributed by atoms with E-state index in [9.17, 15) is 9.90 Å². The highest BCUT2D eigenvalue weighted by Crippen LogP contribution is 2.23. The average Bonchev–Trinajstić information content (AvgIpc) is 2.49. The van der Waals surface area contributed by atoms with E-state index < -0.39 is 0 Å². The van der Waals surface area contributed by atoms with Crippen molar-refractivity contribution in [3.8, 4) is 0 Å². The molecule has 0 aliphatic heterocycles. The van der Waals surface area contributed by atoms with E-state index in [1.165, 1.54) is 31.3 Å². The maximum absolute atomic E-state index is 12.2. The van der Waals surface area contributed by atoms with E-state index in [1.54, 1.807) is 6.08 Å². The van der Waals surface area contributed by atoms with Gasteiger partial charge >= 0.3 is 5.97 Å². The smallest absolute Gasteiger partial charge is 0.334 e. The molecule has 0 aromatic heterocycles. The number of carbonyl (C=O) groups is 1. The zero-order valence-electron chi connectivity index (χ0n) is 13.8. The number of carbonyl (C=O) groups excluding carboxylic acids is 1. The molecule has 1 N–H and O–H groups in total. The van der Waals surface area contributed by atoms with Crippen LogP contribution in [0.4, 0.5) is 0 Å². The fourth-order valence-corrected chi connectivity index (χ4v) is 2.36. The van der Waals surface area contributed by atoms with Crippen molar-refractivity contribution in [1.29, 1.82) is 0 Å². The van der Waals surface area contributed by atoms with Gasteiger partial charge in [-0.25, -0.2) is 4.79 Å². The largest absolute Gasteiger partial charge is 0.458 e. The predicted octanol–water partition coefficient (Wildman–Crippen LogP) is 4.56. The van der Waals surface area contributed by atoms with Gasteiger partial charge < -0.3 is 9.84 Å². The van der Waals surface area contributed by atoms with Crippen molar-refractivity contribution in [1.82, 2.24) is 0 Å². The van der Waals surface area contributed by atoms with E-state index in [0.29, 0.717) is 12.0 Å². The molecule has 21 heavy (non-hydrogen) atoms. The Morgan fingerprint density at radius 1 is 1.05 bits per heavy atom. The van der Waals surface area contributed by atoms with Gasteiger partial charge in [-0.05, 0) is 25.7 Å². The Kier molecular flexibility index (Phi) is 13.2. The van der Waals surface area contributed by atoms with E-state index in [0.717, 1.165) is 25.7 Å². The Morgan fingerprint density at radius 3 is 2.05 bits per heavy atom. The first-order valence-corrected chi connectivity index (χ1v) is 8.30. The zero-order valence-corrected chi connectivity index (χ0v) is 13.8. The summed E-state index contributed by atoms with van der Waals surface area (Å²) >= 11 is 0. The molecular formula is C18H32O3. The van der Waals surface area contributed by atoms with Gasteiger partial charge in [0.1, 0.15) is 6.61 Å². The van der Waals surface area contributed by atoms with Crippen LogP contribution in [0.3, 0.4) is 0 Å². The lowest BCUT2D eigenvalue weighted by molar-refractivity contribution is -0.138. The van der Waals surface area contributed by atoms with Gasteiger partial charge in [0.2, 0.25) is 0 Å². The van der Waals surface area contributed by atoms with Crippen molar-refractivity contribution >= 4 is 5.97 Å². The summed E-state index contributed by atoms with van der Waals surface area (Å²) in [5, 5.41) is 9.24. The Morgan fingerprint density at radius 2 is 1.62 bits per heavy atom. The molecule has 0 aromatic carbocycles. The third-order valence-electron chi connectivity index (χ3n) is 3.53. The Balaban J connectivity index is 4.93. The minimum Gasteiger partial charge on any atom is -0.458 e. The molecule has 0 bridgehead atoms. The molecule has 3 nitrogen and oxygen atoms in total. The lowest BCUT2D eigenvalue weighted by Crippen LogP contribution is -2.12. The molecular weight excluding hydrogens is 264 g/mol. The Labute approximate surface area is 130 Å². The van der Waals surface area contributed by atoms with Crippen LogP contribution in [-0.4, -0.2) is 24.3 Å². The highest BCUT2D eigenvalue weighted by Gasteiger charge is 2.16. The van der Waals surface area contributed by atoms with Crippen LogP contribution in [0.15, 0.2) is 23.8 Å². The molecule has 0 aliphatic rings. The number of hydrogen-bond donors (Lipinski definition) is 1. The second-order valence-corrected chi connectivity index (χ2v) is 5.36. The van der Waals surface area contributed by atoms with Gasteiger partial charge in [-0.1, -0.05) is 57.8 Å². The van der Waals surface area contributed by atoms with E-state index in [1.807, 2.05) is 0 Å². The number of unbranched alkanes of at least 4 members (excludes halogenated alkanes) is 4. The molecule has 0 radical (unpaired) electrons. The van der Waals surface area contributed by atoms with Gasteiger partial charge in [-0.3, -0.25) is 0 Å². The Hall–Kier alpha value is -1.09. The van der Waals surface area contributed by atoms with Gasteiger partial charge in [-0.15, -0.1) is 0 Å². The average molecular weight is 296 g/mol. The number of esters is 1. The van der Waals surface area contributed by atoms with Crippen LogP contribution in [0, 0.1) is 0 Å². The van der Waals surface area contributed by atoms with Crippen molar-refractivity contribution in [2.75, 3.05) is 13.2 Å². The normalized spacial score (nSPS) is 10.2. The van der Waals surface area contributed by atoms with Crippen molar-refractivity contribution in [3.05, 3.63) is 23.8 Å². The molecule has 3 heteroatoms. The SMILES string of the molecule is C=CCOC(=O)C(CCO)=C(CCCCC)CCCCC. The minimum absolute atomic E-state index is 0.0103. The number of rotatable bonds is 13. The first-order valence-electron chi connectivity index (χ1n) is 8.30. The van der Waals surface area contributed by atoms with Crippen LogP contribution in [0.5, 0.6) is 0 Å². The van der Waals surface area contributed by atoms with Crippen LogP contribution in [0.1, 0.15) is 71.6 Å². The molecule has 0 unspecified atom stereocenters.